The molecular weight excluding hydrogens is 277 g/mol. The lowest BCUT2D eigenvalue weighted by Crippen LogP contribution is -2.23. The van der Waals surface area contributed by atoms with Crippen molar-refractivity contribution in [1.29, 1.82) is 0 Å². The molecule has 0 aliphatic heterocycles. The van der Waals surface area contributed by atoms with Gasteiger partial charge in [0.05, 0.1) is 15.7 Å². The molecule has 0 aliphatic rings. The molecule has 7 heteroatoms. The summed E-state index contributed by atoms with van der Waals surface area (Å²) in [5, 5.41) is -1.06. The van der Waals surface area contributed by atoms with Gasteiger partial charge in [-0.2, -0.15) is 13.2 Å². The maximum Gasteiger partial charge on any atom is 0.417 e. The Hall–Kier alpha value is -0.750. The monoisotopic (exact) mass is 286 g/mol. The van der Waals surface area contributed by atoms with Crippen molar-refractivity contribution in [2.45, 2.75) is 23.2 Å². The SMILES string of the molecule is CC(CCl)S(=O)(=O)c1ccccc1C(F)(F)F. The molecule has 1 aromatic carbocycles. The Balaban J connectivity index is 3.43. The fourth-order valence-electron chi connectivity index (χ4n) is 1.25. The summed E-state index contributed by atoms with van der Waals surface area (Å²) in [6, 6.07) is 4.09. The van der Waals surface area contributed by atoms with Gasteiger partial charge < -0.3 is 0 Å². The molecule has 17 heavy (non-hydrogen) atoms. The predicted octanol–water partition coefficient (Wildman–Crippen LogP) is 3.11. The summed E-state index contributed by atoms with van der Waals surface area (Å²) >= 11 is 5.39. The Morgan fingerprint density at radius 3 is 2.29 bits per heavy atom. The molecular formula is C10H10ClF3O2S. The highest BCUT2D eigenvalue weighted by Gasteiger charge is 2.38. The molecule has 0 saturated carbocycles. The van der Waals surface area contributed by atoms with E-state index in [1.807, 2.05) is 0 Å². The van der Waals surface area contributed by atoms with Crippen LogP contribution in [0, 0.1) is 0 Å². The van der Waals surface area contributed by atoms with Gasteiger partial charge in [-0.3, -0.25) is 0 Å². The third kappa shape index (κ3) is 2.93. The quantitative estimate of drug-likeness (QED) is 0.800. The first-order valence-corrected chi connectivity index (χ1v) is 6.75. The molecule has 1 unspecified atom stereocenters. The molecule has 1 aromatic rings. The molecule has 0 amide bonds. The zero-order valence-corrected chi connectivity index (χ0v) is 10.4. The highest BCUT2D eigenvalue weighted by molar-refractivity contribution is 7.92. The van der Waals surface area contributed by atoms with Crippen LogP contribution in [0.3, 0.4) is 0 Å². The summed E-state index contributed by atoms with van der Waals surface area (Å²) in [6.07, 6.45) is -4.70. The Labute approximate surface area is 102 Å². The maximum atomic E-state index is 12.6. The van der Waals surface area contributed by atoms with Gasteiger partial charge in [-0.1, -0.05) is 12.1 Å². The zero-order chi connectivity index (χ0) is 13.3. The fourth-order valence-corrected chi connectivity index (χ4v) is 3.10. The van der Waals surface area contributed by atoms with Crippen LogP contribution >= 0.6 is 11.6 Å². The van der Waals surface area contributed by atoms with Crippen molar-refractivity contribution < 1.29 is 21.6 Å². The number of alkyl halides is 4. The average Bonchev–Trinajstić information content (AvgIpc) is 2.26. The first-order chi connectivity index (χ1) is 7.71. The molecule has 0 saturated heterocycles. The van der Waals surface area contributed by atoms with Gasteiger partial charge >= 0.3 is 6.18 Å². The zero-order valence-electron chi connectivity index (χ0n) is 8.83. The number of benzene rings is 1. The molecule has 0 radical (unpaired) electrons. The van der Waals surface area contributed by atoms with E-state index in [0.717, 1.165) is 18.2 Å². The predicted molar refractivity (Wildman–Crippen MR) is 58.8 cm³/mol. The van der Waals surface area contributed by atoms with E-state index in [9.17, 15) is 21.6 Å². The van der Waals surface area contributed by atoms with E-state index < -0.39 is 31.7 Å². The first kappa shape index (κ1) is 14.3. The van der Waals surface area contributed by atoms with Crippen molar-refractivity contribution in [3.63, 3.8) is 0 Å². The number of sulfone groups is 1. The Morgan fingerprint density at radius 2 is 1.82 bits per heavy atom. The second kappa shape index (κ2) is 4.86. The third-order valence-corrected chi connectivity index (χ3v) is 5.09. The standard InChI is InChI=1S/C10H10ClF3O2S/c1-7(6-11)17(15,16)9-5-3-2-4-8(9)10(12,13)14/h2-5,7H,6H2,1H3. The Morgan fingerprint density at radius 1 is 1.29 bits per heavy atom. The topological polar surface area (TPSA) is 34.1 Å². The van der Waals surface area contributed by atoms with Gasteiger partial charge in [-0.05, 0) is 19.1 Å². The Kier molecular flexibility index (Phi) is 4.09. The van der Waals surface area contributed by atoms with Crippen LogP contribution in [-0.4, -0.2) is 19.5 Å². The van der Waals surface area contributed by atoms with E-state index in [1.54, 1.807) is 0 Å². The maximum absolute atomic E-state index is 12.6. The molecule has 0 spiro atoms. The minimum Gasteiger partial charge on any atom is -0.223 e. The summed E-state index contributed by atoms with van der Waals surface area (Å²) in [4.78, 5) is -0.722. The van der Waals surface area contributed by atoms with Crippen LogP contribution in [0.15, 0.2) is 29.2 Å². The molecule has 0 N–H and O–H groups in total. The van der Waals surface area contributed by atoms with Crippen LogP contribution in [0.2, 0.25) is 0 Å². The largest absolute Gasteiger partial charge is 0.417 e. The van der Waals surface area contributed by atoms with Crippen molar-refractivity contribution in [2.75, 3.05) is 5.88 Å². The van der Waals surface area contributed by atoms with Gasteiger partial charge in [0, 0.05) is 5.88 Å². The van der Waals surface area contributed by atoms with Crippen molar-refractivity contribution in [2.24, 2.45) is 0 Å². The summed E-state index contributed by atoms with van der Waals surface area (Å²) in [7, 11) is -4.05. The molecule has 0 bridgehead atoms. The van der Waals surface area contributed by atoms with E-state index >= 15 is 0 Å². The van der Waals surface area contributed by atoms with Crippen LogP contribution in [0.1, 0.15) is 12.5 Å². The van der Waals surface area contributed by atoms with E-state index in [1.165, 1.54) is 13.0 Å². The van der Waals surface area contributed by atoms with Gasteiger partial charge in [0.15, 0.2) is 9.84 Å². The number of halogens is 4. The van der Waals surface area contributed by atoms with Crippen LogP contribution in [0.25, 0.3) is 0 Å². The summed E-state index contributed by atoms with van der Waals surface area (Å²) in [5.41, 5.74) is -1.16. The second-order valence-corrected chi connectivity index (χ2v) is 6.15. The molecule has 96 valence electrons. The first-order valence-electron chi connectivity index (χ1n) is 4.67. The van der Waals surface area contributed by atoms with E-state index in [4.69, 9.17) is 11.6 Å². The summed E-state index contributed by atoms with van der Waals surface area (Å²) in [6.45, 7) is 1.27. The molecule has 0 aliphatic carbocycles. The number of rotatable bonds is 3. The summed E-state index contributed by atoms with van der Waals surface area (Å²) < 4.78 is 61.6. The average molecular weight is 287 g/mol. The lowest BCUT2D eigenvalue weighted by atomic mass is 10.2. The van der Waals surface area contributed by atoms with E-state index in [2.05, 4.69) is 0 Å². The van der Waals surface area contributed by atoms with Crippen LogP contribution in [0.5, 0.6) is 0 Å². The van der Waals surface area contributed by atoms with E-state index in [-0.39, 0.29) is 5.88 Å². The smallest absolute Gasteiger partial charge is 0.223 e. The highest BCUT2D eigenvalue weighted by Crippen LogP contribution is 2.35. The minimum absolute atomic E-state index is 0.255. The number of hydrogen-bond acceptors (Lipinski definition) is 2. The third-order valence-electron chi connectivity index (χ3n) is 2.25. The van der Waals surface area contributed by atoms with Gasteiger partial charge in [0.25, 0.3) is 0 Å². The summed E-state index contributed by atoms with van der Waals surface area (Å²) in [5.74, 6) is -0.255. The molecule has 2 nitrogen and oxygen atoms in total. The Bertz CT molecular complexity index is 497. The van der Waals surface area contributed by atoms with Crippen LogP contribution in [0.4, 0.5) is 13.2 Å². The van der Waals surface area contributed by atoms with Crippen molar-refractivity contribution in [3.05, 3.63) is 29.8 Å². The number of hydrogen-bond donors (Lipinski definition) is 0. The normalized spacial score (nSPS) is 14.6. The minimum atomic E-state index is -4.70. The van der Waals surface area contributed by atoms with Gasteiger partial charge in [0.2, 0.25) is 0 Å². The van der Waals surface area contributed by atoms with Crippen molar-refractivity contribution >= 4 is 21.4 Å². The van der Waals surface area contributed by atoms with Crippen LogP contribution < -0.4 is 0 Å². The van der Waals surface area contributed by atoms with Crippen LogP contribution in [-0.2, 0) is 16.0 Å². The van der Waals surface area contributed by atoms with Crippen molar-refractivity contribution in [3.8, 4) is 0 Å². The van der Waals surface area contributed by atoms with Gasteiger partial charge in [-0.15, -0.1) is 11.6 Å². The highest BCUT2D eigenvalue weighted by atomic mass is 35.5. The van der Waals surface area contributed by atoms with E-state index in [0.29, 0.717) is 0 Å². The lowest BCUT2D eigenvalue weighted by molar-refractivity contribution is -0.139. The van der Waals surface area contributed by atoms with Gasteiger partial charge in [-0.25, -0.2) is 8.42 Å². The molecule has 0 aromatic heterocycles. The lowest BCUT2D eigenvalue weighted by Gasteiger charge is -2.15. The molecule has 0 heterocycles. The second-order valence-electron chi connectivity index (χ2n) is 3.50. The molecule has 1 rings (SSSR count). The molecule has 0 fully saturated rings. The molecule has 1 atom stereocenters. The van der Waals surface area contributed by atoms with Gasteiger partial charge in [0.1, 0.15) is 0 Å². The fraction of sp³-hybridized carbons (Fsp3) is 0.400. The van der Waals surface area contributed by atoms with Crippen molar-refractivity contribution in [1.82, 2.24) is 0 Å².